The van der Waals surface area contributed by atoms with Gasteiger partial charge in [0.2, 0.25) is 11.8 Å². The Hall–Kier alpha value is -2.66. The Bertz CT molecular complexity index is 795. The van der Waals surface area contributed by atoms with Gasteiger partial charge in [-0.05, 0) is 50.9 Å². The first-order valence-electron chi connectivity index (χ1n) is 9.70. The van der Waals surface area contributed by atoms with Crippen LogP contribution in [-0.2, 0) is 9.59 Å². The van der Waals surface area contributed by atoms with Crippen molar-refractivity contribution in [3.05, 3.63) is 64.7 Å². The second-order valence-corrected chi connectivity index (χ2v) is 7.43. The molecule has 2 aromatic rings. The molecule has 0 saturated carbocycles. The van der Waals surface area contributed by atoms with E-state index in [0.717, 1.165) is 28.8 Å². The van der Waals surface area contributed by atoms with Crippen molar-refractivity contribution in [3.63, 3.8) is 0 Å². The van der Waals surface area contributed by atoms with Crippen LogP contribution in [-0.4, -0.2) is 36.9 Å². The number of likely N-dealkylation sites (N-methyl/N-ethyl adjacent to an activating group) is 1. The fourth-order valence-corrected chi connectivity index (χ4v) is 3.20. The second kappa shape index (κ2) is 10.0. The third kappa shape index (κ3) is 6.20. The molecule has 1 atom stereocenters. The number of carbonyl (C=O) groups excluding carboxylic acids is 2. The van der Waals surface area contributed by atoms with Crippen LogP contribution in [0, 0.1) is 20.8 Å². The van der Waals surface area contributed by atoms with E-state index in [2.05, 4.69) is 10.6 Å². The minimum Gasteiger partial charge on any atom is -0.348 e. The van der Waals surface area contributed by atoms with Crippen LogP contribution in [0.5, 0.6) is 0 Å². The molecule has 2 N–H and O–H groups in total. The highest BCUT2D eigenvalue weighted by atomic mass is 16.2. The Labute approximate surface area is 168 Å². The molecule has 0 bridgehead atoms. The highest BCUT2D eigenvalue weighted by Crippen LogP contribution is 2.19. The predicted octanol–water partition coefficient (Wildman–Crippen LogP) is 3.75. The molecule has 0 fully saturated rings. The fraction of sp³-hybridized carbons (Fsp3) is 0.391. The van der Waals surface area contributed by atoms with E-state index < -0.39 is 0 Å². The molecule has 0 aliphatic heterocycles. The number of nitrogens with one attached hydrogen (secondary N) is 2. The van der Waals surface area contributed by atoms with Crippen molar-refractivity contribution in [2.45, 2.75) is 40.2 Å². The first-order chi connectivity index (χ1) is 13.3. The van der Waals surface area contributed by atoms with Crippen LogP contribution >= 0.6 is 0 Å². The lowest BCUT2D eigenvalue weighted by molar-refractivity contribution is -0.123. The molecule has 0 aliphatic rings. The van der Waals surface area contributed by atoms with Gasteiger partial charge in [-0.15, -0.1) is 0 Å². The highest BCUT2D eigenvalue weighted by molar-refractivity contribution is 5.94. The van der Waals surface area contributed by atoms with Gasteiger partial charge in [-0.25, -0.2) is 0 Å². The van der Waals surface area contributed by atoms with Gasteiger partial charge in [0.05, 0.1) is 19.1 Å². The van der Waals surface area contributed by atoms with Crippen molar-refractivity contribution in [2.24, 2.45) is 0 Å². The number of hydrogen-bond acceptors (Lipinski definition) is 3. The SMILES string of the molecule is CC[C@@H](NC(=O)CN(C)CC(=O)Nc1c(C)cccc1C)c1ccc(C)cc1. The molecule has 0 saturated heterocycles. The van der Waals surface area contributed by atoms with Crippen LogP contribution in [0.3, 0.4) is 0 Å². The summed E-state index contributed by atoms with van der Waals surface area (Å²) in [6.45, 7) is 8.35. The normalized spacial score (nSPS) is 11.9. The maximum atomic E-state index is 12.4. The monoisotopic (exact) mass is 381 g/mol. The van der Waals surface area contributed by atoms with Gasteiger partial charge < -0.3 is 10.6 Å². The van der Waals surface area contributed by atoms with Gasteiger partial charge in [0, 0.05) is 5.69 Å². The summed E-state index contributed by atoms with van der Waals surface area (Å²) in [6.07, 6.45) is 0.811. The summed E-state index contributed by atoms with van der Waals surface area (Å²) >= 11 is 0. The summed E-state index contributed by atoms with van der Waals surface area (Å²) in [4.78, 5) is 26.5. The van der Waals surface area contributed by atoms with E-state index in [1.165, 1.54) is 5.56 Å². The number of aryl methyl sites for hydroxylation is 3. The standard InChI is InChI=1S/C23H31N3O2/c1-6-20(19-12-10-16(2)11-13-19)24-21(27)14-26(5)15-22(28)25-23-17(3)8-7-9-18(23)4/h7-13,20H,6,14-15H2,1-5H3,(H,24,27)(H,25,28)/t20-/m1/s1. The van der Waals surface area contributed by atoms with Crippen LogP contribution in [0.1, 0.15) is 41.6 Å². The van der Waals surface area contributed by atoms with Crippen molar-refractivity contribution in [1.29, 1.82) is 0 Å². The quantitative estimate of drug-likeness (QED) is 0.732. The number of carbonyl (C=O) groups is 2. The zero-order chi connectivity index (χ0) is 20.7. The van der Waals surface area contributed by atoms with Gasteiger partial charge in [0.15, 0.2) is 0 Å². The van der Waals surface area contributed by atoms with Crippen LogP contribution in [0.2, 0.25) is 0 Å². The van der Waals surface area contributed by atoms with E-state index in [-0.39, 0.29) is 30.9 Å². The van der Waals surface area contributed by atoms with Gasteiger partial charge in [-0.1, -0.05) is 55.0 Å². The molecule has 28 heavy (non-hydrogen) atoms. The third-order valence-corrected chi connectivity index (χ3v) is 4.80. The molecule has 150 valence electrons. The van der Waals surface area contributed by atoms with Crippen molar-refractivity contribution < 1.29 is 9.59 Å². The average molecular weight is 382 g/mol. The number of nitrogens with zero attached hydrogens (tertiary/aromatic N) is 1. The maximum Gasteiger partial charge on any atom is 0.238 e. The van der Waals surface area contributed by atoms with Crippen molar-refractivity contribution >= 4 is 17.5 Å². The van der Waals surface area contributed by atoms with Crippen LogP contribution in [0.4, 0.5) is 5.69 Å². The Morgan fingerprint density at radius 2 is 1.50 bits per heavy atom. The predicted molar refractivity (Wildman–Crippen MR) is 114 cm³/mol. The number of rotatable bonds is 8. The third-order valence-electron chi connectivity index (χ3n) is 4.80. The molecular weight excluding hydrogens is 350 g/mol. The Morgan fingerprint density at radius 1 is 0.929 bits per heavy atom. The van der Waals surface area contributed by atoms with E-state index in [1.807, 2.05) is 70.2 Å². The van der Waals surface area contributed by atoms with E-state index in [4.69, 9.17) is 0 Å². The minimum atomic E-state index is -0.127. The number of anilines is 1. The molecule has 2 amide bonds. The summed E-state index contributed by atoms with van der Waals surface area (Å²) in [5.41, 5.74) is 5.18. The highest BCUT2D eigenvalue weighted by Gasteiger charge is 2.16. The number of benzene rings is 2. The zero-order valence-corrected chi connectivity index (χ0v) is 17.5. The fourth-order valence-electron chi connectivity index (χ4n) is 3.20. The van der Waals surface area contributed by atoms with Gasteiger partial charge in [-0.2, -0.15) is 0 Å². The van der Waals surface area contributed by atoms with Crippen molar-refractivity contribution in [3.8, 4) is 0 Å². The van der Waals surface area contributed by atoms with Crippen LogP contribution in [0.25, 0.3) is 0 Å². The van der Waals surface area contributed by atoms with Gasteiger partial charge in [0.25, 0.3) is 0 Å². The molecule has 0 spiro atoms. The molecule has 0 unspecified atom stereocenters. The van der Waals surface area contributed by atoms with Gasteiger partial charge in [-0.3, -0.25) is 14.5 Å². The van der Waals surface area contributed by atoms with E-state index in [1.54, 1.807) is 11.9 Å². The summed E-state index contributed by atoms with van der Waals surface area (Å²) < 4.78 is 0. The first kappa shape index (κ1) is 21.6. The number of amides is 2. The molecule has 0 radical (unpaired) electrons. The Kier molecular flexibility index (Phi) is 7.76. The van der Waals surface area contributed by atoms with E-state index in [0.29, 0.717) is 0 Å². The Morgan fingerprint density at radius 3 is 2.07 bits per heavy atom. The average Bonchev–Trinajstić information content (AvgIpc) is 2.63. The maximum absolute atomic E-state index is 12.4. The van der Waals surface area contributed by atoms with Gasteiger partial charge in [0.1, 0.15) is 0 Å². The largest absolute Gasteiger partial charge is 0.348 e. The Balaban J connectivity index is 1.87. The van der Waals surface area contributed by atoms with E-state index >= 15 is 0 Å². The lowest BCUT2D eigenvalue weighted by atomic mass is 10.0. The summed E-state index contributed by atoms with van der Waals surface area (Å²) in [5.74, 6) is -0.215. The smallest absolute Gasteiger partial charge is 0.238 e. The number of hydrogen-bond donors (Lipinski definition) is 2. The first-order valence-corrected chi connectivity index (χ1v) is 9.70. The topological polar surface area (TPSA) is 61.4 Å². The lowest BCUT2D eigenvalue weighted by Gasteiger charge is -2.21. The molecule has 0 aliphatic carbocycles. The molecule has 2 aromatic carbocycles. The molecule has 2 rings (SSSR count). The second-order valence-electron chi connectivity index (χ2n) is 7.43. The molecule has 5 heteroatoms. The minimum absolute atomic E-state index is 0.0232. The van der Waals surface area contributed by atoms with Crippen molar-refractivity contribution in [1.82, 2.24) is 10.2 Å². The molecule has 0 heterocycles. The summed E-state index contributed by atoms with van der Waals surface area (Å²) in [6, 6.07) is 14.1. The molecule has 5 nitrogen and oxygen atoms in total. The zero-order valence-electron chi connectivity index (χ0n) is 17.5. The summed E-state index contributed by atoms with van der Waals surface area (Å²) in [7, 11) is 1.77. The summed E-state index contributed by atoms with van der Waals surface area (Å²) in [5, 5.41) is 6.02. The van der Waals surface area contributed by atoms with Gasteiger partial charge >= 0.3 is 0 Å². The van der Waals surface area contributed by atoms with Crippen LogP contribution in [0.15, 0.2) is 42.5 Å². The van der Waals surface area contributed by atoms with E-state index in [9.17, 15) is 9.59 Å². The molecule has 0 aromatic heterocycles. The lowest BCUT2D eigenvalue weighted by Crippen LogP contribution is -2.40. The van der Waals surface area contributed by atoms with Crippen LogP contribution < -0.4 is 10.6 Å². The van der Waals surface area contributed by atoms with Crippen molar-refractivity contribution in [2.75, 3.05) is 25.5 Å². The molecular formula is C23H31N3O2. The number of para-hydroxylation sites is 1.